The predicted molar refractivity (Wildman–Crippen MR) is 79.1 cm³/mol. The van der Waals surface area contributed by atoms with Crippen LogP contribution >= 0.6 is 0 Å². The molecule has 0 aliphatic heterocycles. The van der Waals surface area contributed by atoms with Crippen molar-refractivity contribution in [1.82, 2.24) is 4.98 Å². The first-order valence-corrected chi connectivity index (χ1v) is 6.82. The minimum atomic E-state index is -0.0794. The van der Waals surface area contributed by atoms with E-state index >= 15 is 0 Å². The second-order valence-corrected chi connectivity index (χ2v) is 4.60. The summed E-state index contributed by atoms with van der Waals surface area (Å²) in [5.41, 5.74) is 6.61. The summed E-state index contributed by atoms with van der Waals surface area (Å²) in [5.74, 6) is 2.10. The molecule has 1 atom stereocenters. The number of nitrogens with two attached hydrogens (primary N) is 1. The van der Waals surface area contributed by atoms with Gasteiger partial charge in [-0.2, -0.15) is 0 Å². The third-order valence-corrected chi connectivity index (χ3v) is 2.76. The van der Waals surface area contributed by atoms with Gasteiger partial charge in [0.25, 0.3) is 0 Å². The Bertz CT molecular complexity index is 538. The van der Waals surface area contributed by atoms with E-state index in [-0.39, 0.29) is 6.04 Å². The quantitative estimate of drug-likeness (QED) is 0.871. The van der Waals surface area contributed by atoms with Gasteiger partial charge in [-0.1, -0.05) is 19.1 Å². The average Bonchev–Trinajstić information content (AvgIpc) is 2.47. The maximum absolute atomic E-state index is 5.81. The Hall–Kier alpha value is -2.07. The molecule has 0 fully saturated rings. The van der Waals surface area contributed by atoms with Crippen molar-refractivity contribution in [1.29, 1.82) is 0 Å². The number of aromatic nitrogens is 1. The maximum atomic E-state index is 5.81. The van der Waals surface area contributed by atoms with Crippen molar-refractivity contribution < 1.29 is 9.47 Å². The van der Waals surface area contributed by atoms with Gasteiger partial charge in [-0.3, -0.25) is 4.98 Å². The summed E-state index contributed by atoms with van der Waals surface area (Å²) in [6, 6.07) is 11.3. The summed E-state index contributed by atoms with van der Waals surface area (Å²) < 4.78 is 11.5. The normalized spacial score (nSPS) is 11.9. The molecule has 0 spiro atoms. The number of nitrogens with zero attached hydrogens (tertiary/aromatic N) is 1. The van der Waals surface area contributed by atoms with Crippen molar-refractivity contribution in [3.05, 3.63) is 48.3 Å². The van der Waals surface area contributed by atoms with Crippen molar-refractivity contribution >= 4 is 0 Å². The highest BCUT2D eigenvalue weighted by atomic mass is 16.5. The third kappa shape index (κ3) is 3.71. The van der Waals surface area contributed by atoms with Crippen LogP contribution in [-0.2, 0) is 0 Å². The van der Waals surface area contributed by atoms with Crippen LogP contribution in [0.5, 0.6) is 17.2 Å². The SMILES string of the molecule is CCCOc1ccccc1Oc1ccc([C@H](C)N)nc1. The lowest BCUT2D eigenvalue weighted by Gasteiger charge is -2.12. The number of ether oxygens (including phenoxy) is 2. The zero-order valence-corrected chi connectivity index (χ0v) is 11.9. The monoisotopic (exact) mass is 272 g/mol. The van der Waals surface area contributed by atoms with Crippen LogP contribution in [-0.4, -0.2) is 11.6 Å². The van der Waals surface area contributed by atoms with Crippen LogP contribution in [0.15, 0.2) is 42.6 Å². The van der Waals surface area contributed by atoms with Crippen molar-refractivity contribution in [2.24, 2.45) is 5.73 Å². The molecule has 0 saturated heterocycles. The summed E-state index contributed by atoms with van der Waals surface area (Å²) in [4.78, 5) is 4.28. The summed E-state index contributed by atoms with van der Waals surface area (Å²) in [6.45, 7) is 4.64. The fourth-order valence-electron chi connectivity index (χ4n) is 1.71. The highest BCUT2D eigenvalue weighted by molar-refractivity contribution is 5.42. The molecule has 2 rings (SSSR count). The molecule has 20 heavy (non-hydrogen) atoms. The molecule has 2 N–H and O–H groups in total. The van der Waals surface area contributed by atoms with Gasteiger partial charge in [-0.15, -0.1) is 0 Å². The summed E-state index contributed by atoms with van der Waals surface area (Å²) in [5, 5.41) is 0. The molecule has 0 bridgehead atoms. The van der Waals surface area contributed by atoms with E-state index in [1.807, 2.05) is 43.3 Å². The fraction of sp³-hybridized carbons (Fsp3) is 0.312. The molecule has 106 valence electrons. The lowest BCUT2D eigenvalue weighted by atomic mass is 10.2. The zero-order valence-electron chi connectivity index (χ0n) is 11.9. The number of hydrogen-bond donors (Lipinski definition) is 1. The Kier molecular flexibility index (Phi) is 4.96. The van der Waals surface area contributed by atoms with Crippen molar-refractivity contribution in [2.45, 2.75) is 26.3 Å². The Labute approximate surface area is 119 Å². The second kappa shape index (κ2) is 6.91. The molecule has 0 saturated carbocycles. The van der Waals surface area contributed by atoms with Gasteiger partial charge in [0.15, 0.2) is 11.5 Å². The molecule has 4 nitrogen and oxygen atoms in total. The maximum Gasteiger partial charge on any atom is 0.169 e. The number of hydrogen-bond acceptors (Lipinski definition) is 4. The topological polar surface area (TPSA) is 57.4 Å². The molecule has 1 aromatic carbocycles. The average molecular weight is 272 g/mol. The van der Waals surface area contributed by atoms with Gasteiger partial charge in [0.1, 0.15) is 5.75 Å². The molecule has 2 aromatic rings. The highest BCUT2D eigenvalue weighted by Crippen LogP contribution is 2.31. The Balaban J connectivity index is 2.13. The van der Waals surface area contributed by atoms with Gasteiger partial charge in [0.05, 0.1) is 18.5 Å². The van der Waals surface area contributed by atoms with Gasteiger partial charge in [0, 0.05) is 6.04 Å². The first-order chi connectivity index (χ1) is 9.70. The lowest BCUT2D eigenvalue weighted by Crippen LogP contribution is -2.06. The summed E-state index contributed by atoms with van der Waals surface area (Å²) >= 11 is 0. The smallest absolute Gasteiger partial charge is 0.169 e. The Morgan fingerprint density at radius 1 is 1.15 bits per heavy atom. The molecule has 0 amide bonds. The van der Waals surface area contributed by atoms with Crippen LogP contribution in [0.3, 0.4) is 0 Å². The van der Waals surface area contributed by atoms with Gasteiger partial charge in [-0.25, -0.2) is 0 Å². The molecule has 0 unspecified atom stereocenters. The molecule has 1 aromatic heterocycles. The van der Waals surface area contributed by atoms with Gasteiger partial charge in [0.2, 0.25) is 0 Å². The van der Waals surface area contributed by atoms with Crippen LogP contribution in [0.25, 0.3) is 0 Å². The standard InChI is InChI=1S/C16H20N2O2/c1-3-10-19-15-6-4-5-7-16(15)20-13-8-9-14(12(2)17)18-11-13/h4-9,11-12H,3,10,17H2,1-2H3/t12-/m0/s1. The Morgan fingerprint density at radius 3 is 2.50 bits per heavy atom. The number of para-hydroxylation sites is 2. The molecule has 0 radical (unpaired) electrons. The van der Waals surface area contributed by atoms with Crippen LogP contribution in [0.2, 0.25) is 0 Å². The van der Waals surface area contributed by atoms with E-state index in [2.05, 4.69) is 11.9 Å². The minimum Gasteiger partial charge on any atom is -0.490 e. The number of rotatable bonds is 6. The largest absolute Gasteiger partial charge is 0.490 e. The molecule has 4 heteroatoms. The third-order valence-electron chi connectivity index (χ3n) is 2.76. The highest BCUT2D eigenvalue weighted by Gasteiger charge is 2.06. The zero-order chi connectivity index (χ0) is 14.4. The van der Waals surface area contributed by atoms with E-state index in [4.69, 9.17) is 15.2 Å². The molecule has 1 heterocycles. The van der Waals surface area contributed by atoms with E-state index < -0.39 is 0 Å². The van der Waals surface area contributed by atoms with Crippen molar-refractivity contribution in [3.8, 4) is 17.2 Å². The number of benzene rings is 1. The van der Waals surface area contributed by atoms with Gasteiger partial charge in [-0.05, 0) is 37.6 Å². The van der Waals surface area contributed by atoms with Crippen molar-refractivity contribution in [2.75, 3.05) is 6.61 Å². The van der Waals surface area contributed by atoms with E-state index in [1.165, 1.54) is 0 Å². The van der Waals surface area contributed by atoms with E-state index in [9.17, 15) is 0 Å². The van der Waals surface area contributed by atoms with E-state index in [0.717, 1.165) is 17.9 Å². The van der Waals surface area contributed by atoms with Crippen molar-refractivity contribution in [3.63, 3.8) is 0 Å². The van der Waals surface area contributed by atoms with E-state index in [1.54, 1.807) is 6.20 Å². The molecule has 0 aliphatic carbocycles. The fourth-order valence-corrected chi connectivity index (χ4v) is 1.71. The van der Waals surface area contributed by atoms with E-state index in [0.29, 0.717) is 18.1 Å². The van der Waals surface area contributed by atoms with Gasteiger partial charge < -0.3 is 15.2 Å². The summed E-state index contributed by atoms with van der Waals surface area (Å²) in [7, 11) is 0. The second-order valence-electron chi connectivity index (χ2n) is 4.60. The number of pyridine rings is 1. The first-order valence-electron chi connectivity index (χ1n) is 6.82. The predicted octanol–water partition coefficient (Wildman–Crippen LogP) is 3.68. The van der Waals surface area contributed by atoms with Gasteiger partial charge >= 0.3 is 0 Å². The molecular weight excluding hydrogens is 252 g/mol. The van der Waals surface area contributed by atoms with Crippen LogP contribution in [0.1, 0.15) is 32.0 Å². The molecule has 0 aliphatic rings. The molecular formula is C16H20N2O2. The first kappa shape index (κ1) is 14.3. The minimum absolute atomic E-state index is 0.0794. The van der Waals surface area contributed by atoms with Crippen LogP contribution in [0.4, 0.5) is 0 Å². The Morgan fingerprint density at radius 2 is 1.90 bits per heavy atom. The van der Waals surface area contributed by atoms with Crippen LogP contribution < -0.4 is 15.2 Å². The summed E-state index contributed by atoms with van der Waals surface area (Å²) in [6.07, 6.45) is 2.63. The van der Waals surface area contributed by atoms with Crippen LogP contribution in [0, 0.1) is 0 Å². The lowest BCUT2D eigenvalue weighted by molar-refractivity contribution is 0.302.